The predicted molar refractivity (Wildman–Crippen MR) is 127 cm³/mol. The molecule has 33 heavy (non-hydrogen) atoms. The van der Waals surface area contributed by atoms with Crippen molar-refractivity contribution in [2.24, 2.45) is 0 Å². The molecule has 0 aliphatic rings. The fraction of sp³-hybridized carbons (Fsp3) is 0.250. The molecule has 0 saturated carbocycles. The first-order valence-electron chi connectivity index (χ1n) is 10.6. The molecular weight excluding hydrogens is 442 g/mol. The van der Waals surface area contributed by atoms with Crippen LogP contribution >= 0.6 is 11.6 Å². The number of nitrogens with zero attached hydrogens (tertiary/aromatic N) is 3. The third kappa shape index (κ3) is 4.40. The summed E-state index contributed by atoms with van der Waals surface area (Å²) in [5, 5.41) is 3.72. The highest BCUT2D eigenvalue weighted by Gasteiger charge is 2.24. The largest absolute Gasteiger partial charge is 0.385 e. The van der Waals surface area contributed by atoms with Gasteiger partial charge in [0.25, 0.3) is 17.1 Å². The molecule has 8 nitrogen and oxygen atoms in total. The number of ether oxygens (including phenoxy) is 1. The molecule has 0 unspecified atom stereocenters. The third-order valence-corrected chi connectivity index (χ3v) is 5.92. The number of benzene rings is 1. The fourth-order valence-electron chi connectivity index (χ4n) is 3.80. The molecule has 3 aromatic heterocycles. The van der Waals surface area contributed by atoms with E-state index in [4.69, 9.17) is 27.1 Å². The summed E-state index contributed by atoms with van der Waals surface area (Å²) in [5.74, 6) is -0.163. The van der Waals surface area contributed by atoms with E-state index in [1.54, 1.807) is 30.0 Å². The molecule has 0 fully saturated rings. The highest BCUT2D eigenvalue weighted by atomic mass is 35.5. The number of carbonyl (C=O) groups is 1. The molecular formula is C24H25ClN5O3+. The van der Waals surface area contributed by atoms with Crippen LogP contribution in [0.15, 0.2) is 53.5 Å². The minimum Gasteiger partial charge on any atom is -0.385 e. The summed E-state index contributed by atoms with van der Waals surface area (Å²) in [6.07, 6.45) is 2.31. The van der Waals surface area contributed by atoms with E-state index >= 15 is 0 Å². The van der Waals surface area contributed by atoms with E-state index in [2.05, 4.69) is 5.32 Å². The number of aromatic nitrogens is 3. The predicted octanol–water partition coefficient (Wildman–Crippen LogP) is 2.65. The summed E-state index contributed by atoms with van der Waals surface area (Å²) < 4.78 is 8.37. The summed E-state index contributed by atoms with van der Waals surface area (Å²) in [6, 6.07) is 12.5. The number of nitrogen functional groups attached to an aromatic ring is 1. The number of rotatable bonds is 7. The number of halogens is 1. The third-order valence-electron chi connectivity index (χ3n) is 5.55. The van der Waals surface area contributed by atoms with Crippen LogP contribution in [0.5, 0.6) is 0 Å². The molecule has 9 heteroatoms. The van der Waals surface area contributed by atoms with Gasteiger partial charge in [-0.1, -0.05) is 40.9 Å². The zero-order valence-electron chi connectivity index (χ0n) is 18.5. The normalized spacial score (nSPS) is 11.2. The van der Waals surface area contributed by atoms with Crippen LogP contribution in [0.1, 0.15) is 27.9 Å². The van der Waals surface area contributed by atoms with Crippen LogP contribution in [0.4, 0.5) is 5.82 Å². The van der Waals surface area contributed by atoms with Gasteiger partial charge in [-0.15, -0.1) is 0 Å². The highest BCUT2D eigenvalue weighted by Crippen LogP contribution is 2.18. The maximum Gasteiger partial charge on any atom is 0.278 e. The van der Waals surface area contributed by atoms with Gasteiger partial charge in [-0.25, -0.2) is 4.57 Å². The van der Waals surface area contributed by atoms with Gasteiger partial charge in [0, 0.05) is 43.5 Å². The average molecular weight is 467 g/mol. The summed E-state index contributed by atoms with van der Waals surface area (Å²) in [7, 11) is 1.62. The first kappa shape index (κ1) is 22.7. The second-order valence-corrected chi connectivity index (χ2v) is 8.16. The van der Waals surface area contributed by atoms with E-state index in [0.29, 0.717) is 41.3 Å². The zero-order chi connectivity index (χ0) is 23.5. The monoisotopic (exact) mass is 466 g/mol. The van der Waals surface area contributed by atoms with Gasteiger partial charge in [0.1, 0.15) is 10.9 Å². The van der Waals surface area contributed by atoms with Gasteiger partial charge in [0.15, 0.2) is 0 Å². The molecule has 4 aromatic rings. The average Bonchev–Trinajstić information content (AvgIpc) is 2.80. The molecule has 4 rings (SSSR count). The Morgan fingerprint density at radius 2 is 2.06 bits per heavy atom. The molecule has 3 heterocycles. The number of hydrogen-bond donors (Lipinski definition) is 2. The van der Waals surface area contributed by atoms with Gasteiger partial charge < -0.3 is 15.8 Å². The molecule has 0 bridgehead atoms. The Kier molecular flexibility index (Phi) is 6.57. The van der Waals surface area contributed by atoms with Crippen molar-refractivity contribution in [3.8, 4) is 0 Å². The Morgan fingerprint density at radius 3 is 2.82 bits per heavy atom. The number of hydrogen-bond acceptors (Lipinski definition) is 5. The topological polar surface area (TPSA) is 103 Å². The molecule has 1 aromatic carbocycles. The maximum atomic E-state index is 13.3. The van der Waals surface area contributed by atoms with Gasteiger partial charge in [-0.05, 0) is 30.7 Å². The highest BCUT2D eigenvalue weighted by molar-refractivity contribution is 6.31. The number of nitrogens with two attached hydrogens (primary N) is 1. The van der Waals surface area contributed by atoms with E-state index in [1.165, 1.54) is 10.5 Å². The second kappa shape index (κ2) is 9.56. The molecule has 3 N–H and O–H groups in total. The van der Waals surface area contributed by atoms with Crippen molar-refractivity contribution < 1.29 is 14.1 Å². The van der Waals surface area contributed by atoms with E-state index < -0.39 is 5.91 Å². The Hall–Kier alpha value is -3.49. The van der Waals surface area contributed by atoms with Crippen molar-refractivity contribution in [3.05, 3.63) is 80.7 Å². The first-order valence-corrected chi connectivity index (χ1v) is 10.9. The molecule has 0 aliphatic heterocycles. The lowest BCUT2D eigenvalue weighted by Crippen LogP contribution is -2.43. The number of pyridine rings is 2. The fourth-order valence-corrected chi connectivity index (χ4v) is 4.00. The van der Waals surface area contributed by atoms with Crippen molar-refractivity contribution in [2.45, 2.75) is 26.4 Å². The molecule has 0 aliphatic carbocycles. The minimum atomic E-state index is -0.399. The molecule has 0 radical (unpaired) electrons. The van der Waals surface area contributed by atoms with Gasteiger partial charge in [0.2, 0.25) is 11.5 Å². The Balaban J connectivity index is 1.84. The number of anilines is 1. The maximum absolute atomic E-state index is 13.3. The van der Waals surface area contributed by atoms with E-state index in [-0.39, 0.29) is 23.5 Å². The van der Waals surface area contributed by atoms with Crippen LogP contribution in [-0.4, -0.2) is 29.0 Å². The second-order valence-electron chi connectivity index (χ2n) is 7.75. The Labute approximate surface area is 195 Å². The van der Waals surface area contributed by atoms with Gasteiger partial charge >= 0.3 is 0 Å². The molecule has 0 saturated heterocycles. The first-order chi connectivity index (χ1) is 15.9. The van der Waals surface area contributed by atoms with Crippen LogP contribution in [0.25, 0.3) is 16.7 Å². The molecule has 170 valence electrons. The van der Waals surface area contributed by atoms with Crippen molar-refractivity contribution >= 4 is 40.0 Å². The zero-order valence-corrected chi connectivity index (χ0v) is 19.2. The lowest BCUT2D eigenvalue weighted by atomic mass is 10.1. The van der Waals surface area contributed by atoms with Crippen LogP contribution in [-0.2, 0) is 17.8 Å². The number of amides is 1. The van der Waals surface area contributed by atoms with E-state index in [9.17, 15) is 9.59 Å². The molecule has 0 spiro atoms. The Morgan fingerprint density at radius 1 is 1.27 bits per heavy atom. The number of aryl methyl sites for hydroxylation is 2. The lowest BCUT2D eigenvalue weighted by molar-refractivity contribution is -0.659. The van der Waals surface area contributed by atoms with E-state index in [1.807, 2.05) is 31.2 Å². The number of fused-ring (bicyclic) bond motifs is 2. The van der Waals surface area contributed by atoms with Gasteiger partial charge in [-0.2, -0.15) is 0 Å². The molecule has 1 amide bonds. The van der Waals surface area contributed by atoms with Crippen molar-refractivity contribution in [1.29, 1.82) is 0 Å². The van der Waals surface area contributed by atoms with Gasteiger partial charge in [0.05, 0.1) is 6.54 Å². The smallest absolute Gasteiger partial charge is 0.278 e. The SMILES string of the molecule is COCCC[n+]1c(N)c(C(=O)NCc2ccccc2Cl)cc2c(=O)n3cccc(C)c3nc21. The van der Waals surface area contributed by atoms with Crippen LogP contribution in [0.2, 0.25) is 5.02 Å². The molecule has 0 atom stereocenters. The summed E-state index contributed by atoms with van der Waals surface area (Å²) in [5.41, 5.74) is 9.02. The van der Waals surface area contributed by atoms with Crippen LogP contribution in [0, 0.1) is 6.92 Å². The number of nitrogens with one attached hydrogen (secondary N) is 1. The van der Waals surface area contributed by atoms with Crippen LogP contribution in [0.3, 0.4) is 0 Å². The standard InChI is InChI=1S/C24H24ClN5O3/c1-15-7-5-10-30-21(15)28-22-18(24(30)32)13-17(20(26)29(22)11-6-12-33-2)23(31)27-14-16-8-3-4-9-19(16)25/h3-5,7-10,13,26H,6,11-12,14H2,1-2H3,(H,27,31)/p+1. The summed E-state index contributed by atoms with van der Waals surface area (Å²) >= 11 is 6.20. The van der Waals surface area contributed by atoms with Crippen LogP contribution < -0.4 is 21.2 Å². The summed E-state index contributed by atoms with van der Waals surface area (Å²) in [4.78, 5) is 31.2. The van der Waals surface area contributed by atoms with E-state index in [0.717, 1.165) is 11.1 Å². The van der Waals surface area contributed by atoms with Crippen molar-refractivity contribution in [1.82, 2.24) is 14.7 Å². The van der Waals surface area contributed by atoms with Crippen molar-refractivity contribution in [2.75, 3.05) is 19.5 Å². The number of methoxy groups -OCH3 is 1. The van der Waals surface area contributed by atoms with Crippen molar-refractivity contribution in [3.63, 3.8) is 0 Å². The quantitative estimate of drug-likeness (QED) is 0.247. The van der Waals surface area contributed by atoms with Gasteiger partial charge in [-0.3, -0.25) is 14.0 Å². The minimum absolute atomic E-state index is 0.207. The Bertz CT molecular complexity index is 1420. The number of carbonyl (C=O) groups excluding carboxylic acids is 1. The lowest BCUT2D eigenvalue weighted by Gasteiger charge is -2.13. The summed E-state index contributed by atoms with van der Waals surface area (Å²) in [6.45, 7) is 3.06.